The molecule has 62 valence electrons. The van der Waals surface area contributed by atoms with Gasteiger partial charge in [0.05, 0.1) is 5.52 Å². The number of hydrogen-bond acceptors (Lipinski definition) is 2. The topological polar surface area (TPSA) is 28.9 Å². The molecule has 0 aliphatic carbocycles. The second-order valence-corrected chi connectivity index (χ2v) is 2.85. The van der Waals surface area contributed by atoms with Gasteiger partial charge in [-0.15, -0.1) is 0 Å². The number of H-pyrrole nitrogens is 1. The molecule has 0 aliphatic rings. The second-order valence-electron chi connectivity index (χ2n) is 2.48. The molecule has 0 atom stereocenters. The minimum Gasteiger partial charge on any atom is -0.429 e. The molecule has 0 bridgehead atoms. The molecule has 0 saturated carbocycles. The van der Waals surface area contributed by atoms with Crippen molar-refractivity contribution in [3.63, 3.8) is 0 Å². The number of fused-ring (bicyclic) bond motifs is 1. The van der Waals surface area contributed by atoms with E-state index in [0.717, 1.165) is 5.52 Å². The summed E-state index contributed by atoms with van der Waals surface area (Å²) in [6, 6.07) is 5.09. The monoisotopic (exact) mass is 183 g/mol. The van der Waals surface area contributed by atoms with Gasteiger partial charge in [-0.3, -0.25) is 0 Å². The molecular weight excluding hydrogens is 177 g/mol. The van der Waals surface area contributed by atoms with E-state index in [-0.39, 0.29) is 0 Å². The number of aromatic amines is 1. The van der Waals surface area contributed by atoms with Crippen molar-refractivity contribution in [1.29, 1.82) is 0 Å². The van der Waals surface area contributed by atoms with Gasteiger partial charge < -0.3 is 9.40 Å². The molecule has 4 heteroatoms. The third kappa shape index (κ3) is 1.14. The maximum Gasteiger partial charge on any atom is 0.266 e. The number of alkyl halides is 1. The van der Waals surface area contributed by atoms with E-state index in [1.807, 2.05) is 0 Å². The Labute approximate surface area is 73.0 Å². The Bertz CT molecular complexity index is 459. The summed E-state index contributed by atoms with van der Waals surface area (Å²) in [5, 5.41) is 0. The molecule has 2 aromatic rings. The summed E-state index contributed by atoms with van der Waals surface area (Å²) < 4.78 is 17.3. The molecule has 0 unspecified atom stereocenters. The lowest BCUT2D eigenvalue weighted by Gasteiger charge is -1.91. The zero-order valence-corrected chi connectivity index (χ0v) is 6.95. The average molecular weight is 183 g/mol. The van der Waals surface area contributed by atoms with Gasteiger partial charge in [-0.25, -0.2) is 4.39 Å². The highest BCUT2D eigenvalue weighted by Gasteiger charge is 1.99. The Hall–Kier alpha value is -1.16. The predicted octanol–water partition coefficient (Wildman–Crippen LogP) is 2.96. The first kappa shape index (κ1) is 7.49. The number of hydrogen-bond donors (Lipinski definition) is 1. The lowest BCUT2D eigenvalue weighted by molar-refractivity contribution is 0.484. The van der Waals surface area contributed by atoms with E-state index in [9.17, 15) is 4.39 Å². The standard InChI is InChI=1S/C8H6FNOS/c9-4-5-1-2-6-7(3-5)11-8(12)10-6/h1-3H,4H2,(H,10,12). The van der Waals surface area contributed by atoms with Crippen molar-refractivity contribution in [3.05, 3.63) is 28.6 Å². The molecule has 0 amide bonds. The van der Waals surface area contributed by atoms with Gasteiger partial charge in [0.2, 0.25) is 0 Å². The molecule has 2 rings (SSSR count). The molecule has 1 N–H and O–H groups in total. The van der Waals surface area contributed by atoms with Crippen molar-refractivity contribution in [2.75, 3.05) is 0 Å². The average Bonchev–Trinajstić information content (AvgIpc) is 2.43. The van der Waals surface area contributed by atoms with Crippen LogP contribution in [0.5, 0.6) is 0 Å². The fraction of sp³-hybridized carbons (Fsp3) is 0.125. The molecule has 0 fully saturated rings. The maximum atomic E-state index is 12.2. The number of benzene rings is 1. The summed E-state index contributed by atoms with van der Waals surface area (Å²) in [7, 11) is 0. The van der Waals surface area contributed by atoms with Crippen molar-refractivity contribution in [2.24, 2.45) is 0 Å². The largest absolute Gasteiger partial charge is 0.429 e. The normalized spacial score (nSPS) is 10.8. The summed E-state index contributed by atoms with van der Waals surface area (Å²) in [6.07, 6.45) is 0. The first-order valence-corrected chi connectivity index (χ1v) is 3.88. The van der Waals surface area contributed by atoms with Crippen LogP contribution in [0.15, 0.2) is 22.6 Å². The van der Waals surface area contributed by atoms with Gasteiger partial charge in [0.25, 0.3) is 4.84 Å². The number of rotatable bonds is 1. The second kappa shape index (κ2) is 2.71. The smallest absolute Gasteiger partial charge is 0.266 e. The van der Waals surface area contributed by atoms with Gasteiger partial charge in [0.15, 0.2) is 5.58 Å². The molecule has 1 aromatic heterocycles. The minimum absolute atomic E-state index is 0.320. The molecule has 1 aromatic carbocycles. The summed E-state index contributed by atoms with van der Waals surface area (Å²) in [6.45, 7) is -0.483. The summed E-state index contributed by atoms with van der Waals surface area (Å²) in [4.78, 5) is 3.16. The van der Waals surface area contributed by atoms with Crippen LogP contribution in [0.3, 0.4) is 0 Å². The summed E-state index contributed by atoms with van der Waals surface area (Å²) in [5.41, 5.74) is 2.01. The third-order valence-corrected chi connectivity index (χ3v) is 1.83. The van der Waals surface area contributed by atoms with Crippen LogP contribution in [-0.4, -0.2) is 4.98 Å². The zero-order valence-electron chi connectivity index (χ0n) is 6.13. The van der Waals surface area contributed by atoms with Crippen molar-refractivity contribution in [1.82, 2.24) is 4.98 Å². The fourth-order valence-corrected chi connectivity index (χ4v) is 1.27. The SMILES string of the molecule is FCc1ccc2[nH]c(=S)oc2c1. The molecule has 0 radical (unpaired) electrons. The first-order valence-electron chi connectivity index (χ1n) is 3.47. The molecule has 2 nitrogen and oxygen atoms in total. The van der Waals surface area contributed by atoms with E-state index in [1.165, 1.54) is 0 Å². The van der Waals surface area contributed by atoms with Crippen LogP contribution in [0.1, 0.15) is 5.56 Å². The number of nitrogens with one attached hydrogen (secondary N) is 1. The van der Waals surface area contributed by atoms with Crippen LogP contribution in [0.4, 0.5) is 4.39 Å². The van der Waals surface area contributed by atoms with Crippen LogP contribution >= 0.6 is 12.2 Å². The zero-order chi connectivity index (χ0) is 8.55. The Kier molecular flexibility index (Phi) is 1.69. The van der Waals surface area contributed by atoms with Gasteiger partial charge in [-0.05, 0) is 29.9 Å². The van der Waals surface area contributed by atoms with E-state index in [4.69, 9.17) is 16.6 Å². The van der Waals surface area contributed by atoms with Crippen molar-refractivity contribution < 1.29 is 8.81 Å². The predicted molar refractivity (Wildman–Crippen MR) is 46.2 cm³/mol. The lowest BCUT2D eigenvalue weighted by Crippen LogP contribution is -1.76. The molecule has 0 aliphatic heterocycles. The lowest BCUT2D eigenvalue weighted by atomic mass is 10.2. The Morgan fingerprint density at radius 2 is 2.33 bits per heavy atom. The first-order chi connectivity index (χ1) is 5.79. The Balaban J connectivity index is 2.74. The van der Waals surface area contributed by atoms with E-state index >= 15 is 0 Å². The van der Waals surface area contributed by atoms with E-state index in [2.05, 4.69) is 4.98 Å². The molecule has 0 saturated heterocycles. The molecule has 12 heavy (non-hydrogen) atoms. The third-order valence-electron chi connectivity index (χ3n) is 1.64. The van der Waals surface area contributed by atoms with E-state index in [1.54, 1.807) is 18.2 Å². The highest BCUT2D eigenvalue weighted by molar-refractivity contribution is 7.71. The van der Waals surface area contributed by atoms with Crippen molar-refractivity contribution in [3.8, 4) is 0 Å². The van der Waals surface area contributed by atoms with Crippen molar-refractivity contribution in [2.45, 2.75) is 6.67 Å². The van der Waals surface area contributed by atoms with Crippen LogP contribution in [-0.2, 0) is 6.67 Å². The van der Waals surface area contributed by atoms with Gasteiger partial charge in [-0.2, -0.15) is 0 Å². The minimum atomic E-state index is -0.483. The fourth-order valence-electron chi connectivity index (χ4n) is 1.07. The maximum absolute atomic E-state index is 12.2. The van der Waals surface area contributed by atoms with Crippen molar-refractivity contribution >= 4 is 23.3 Å². The summed E-state index contributed by atoms with van der Waals surface area (Å²) >= 11 is 4.78. The van der Waals surface area contributed by atoms with E-state index in [0.29, 0.717) is 16.0 Å². The highest BCUT2D eigenvalue weighted by atomic mass is 32.1. The van der Waals surface area contributed by atoms with Crippen LogP contribution in [0.25, 0.3) is 11.1 Å². The number of halogens is 1. The molecular formula is C8H6FNOS. The Morgan fingerprint density at radius 3 is 3.08 bits per heavy atom. The van der Waals surface area contributed by atoms with E-state index < -0.39 is 6.67 Å². The number of aromatic nitrogens is 1. The summed E-state index contributed by atoms with van der Waals surface area (Å²) in [5.74, 6) is 0. The van der Waals surface area contributed by atoms with Crippen LogP contribution in [0.2, 0.25) is 0 Å². The quantitative estimate of drug-likeness (QED) is 0.688. The van der Waals surface area contributed by atoms with Gasteiger partial charge in [-0.1, -0.05) is 6.07 Å². The van der Waals surface area contributed by atoms with Crippen LogP contribution in [0, 0.1) is 4.84 Å². The van der Waals surface area contributed by atoms with Gasteiger partial charge in [0, 0.05) is 0 Å². The van der Waals surface area contributed by atoms with Gasteiger partial charge >= 0.3 is 0 Å². The van der Waals surface area contributed by atoms with Gasteiger partial charge in [0.1, 0.15) is 6.67 Å². The van der Waals surface area contributed by atoms with Crippen LogP contribution < -0.4 is 0 Å². The Morgan fingerprint density at radius 1 is 1.50 bits per heavy atom. The number of oxazole rings is 1. The molecule has 0 spiro atoms. The highest BCUT2D eigenvalue weighted by Crippen LogP contribution is 2.15. The molecule has 1 heterocycles.